The van der Waals surface area contributed by atoms with Crippen molar-refractivity contribution in [2.24, 2.45) is 0 Å². The highest BCUT2D eigenvalue weighted by atomic mass is 35.5. The van der Waals surface area contributed by atoms with E-state index in [1.54, 1.807) is 0 Å². The zero-order valence-electron chi connectivity index (χ0n) is 25.1. The summed E-state index contributed by atoms with van der Waals surface area (Å²) in [4.78, 5) is 39.7. The van der Waals surface area contributed by atoms with Gasteiger partial charge in [-0.2, -0.15) is 13.1 Å². The molecule has 13 nitrogen and oxygen atoms in total. The monoisotopic (exact) mass is 696 g/mol. The SMILES string of the molecule is C[C@H](N[C@@H](CCc1ccccc1)C(=O)O)C(=O)N1CCC[C@@]1(C(=O)O)C1Nc2cc(Cl)c(CCCCC=S(=O)=O)cc2S(=O)(=O)N1. The lowest BCUT2D eigenvalue weighted by Crippen LogP contribution is -2.70. The van der Waals surface area contributed by atoms with Crippen molar-refractivity contribution in [1.29, 1.82) is 0 Å². The van der Waals surface area contributed by atoms with Crippen molar-refractivity contribution in [2.45, 2.75) is 87.0 Å². The summed E-state index contributed by atoms with van der Waals surface area (Å²) in [5, 5.41) is 27.5. The van der Waals surface area contributed by atoms with Crippen LogP contribution in [0.15, 0.2) is 47.4 Å². The zero-order chi connectivity index (χ0) is 33.6. The van der Waals surface area contributed by atoms with Gasteiger partial charge in [0, 0.05) is 16.9 Å². The van der Waals surface area contributed by atoms with Gasteiger partial charge in [0.2, 0.25) is 26.2 Å². The number of rotatable bonds is 14. The molecule has 250 valence electrons. The first-order valence-corrected chi connectivity index (χ1v) is 17.9. The highest BCUT2D eigenvalue weighted by molar-refractivity contribution is 7.89. The number of sulfonamides is 1. The van der Waals surface area contributed by atoms with Crippen LogP contribution in [0.5, 0.6) is 0 Å². The van der Waals surface area contributed by atoms with E-state index in [0.717, 1.165) is 15.8 Å². The van der Waals surface area contributed by atoms with E-state index in [1.807, 2.05) is 30.3 Å². The Kier molecular flexibility index (Phi) is 11.5. The van der Waals surface area contributed by atoms with E-state index < -0.39 is 62.0 Å². The molecular formula is C30H37ClN4O9S2. The van der Waals surface area contributed by atoms with Crippen molar-refractivity contribution in [2.75, 3.05) is 11.9 Å². The van der Waals surface area contributed by atoms with Gasteiger partial charge in [-0.05, 0) is 81.5 Å². The summed E-state index contributed by atoms with van der Waals surface area (Å²) in [6.07, 6.45) is 1.19. The van der Waals surface area contributed by atoms with Crippen LogP contribution in [0.1, 0.15) is 56.6 Å². The van der Waals surface area contributed by atoms with Gasteiger partial charge in [0.15, 0.2) is 5.54 Å². The first-order valence-electron chi connectivity index (χ1n) is 14.9. The smallest absolute Gasteiger partial charge is 0.333 e. The quantitative estimate of drug-likeness (QED) is 0.143. The molecule has 5 N–H and O–H groups in total. The van der Waals surface area contributed by atoms with Crippen LogP contribution in [-0.2, 0) is 47.5 Å². The molecule has 0 aromatic heterocycles. The van der Waals surface area contributed by atoms with Gasteiger partial charge in [0.25, 0.3) is 0 Å². The molecule has 2 aliphatic heterocycles. The number of amides is 1. The second kappa shape index (κ2) is 14.9. The first kappa shape index (κ1) is 35.4. The highest BCUT2D eigenvalue weighted by Gasteiger charge is 2.58. The summed E-state index contributed by atoms with van der Waals surface area (Å²) in [6.45, 7) is 1.47. The summed E-state index contributed by atoms with van der Waals surface area (Å²) < 4.78 is 50.8. The number of hydrogen-bond acceptors (Lipinski definition) is 9. The maximum absolute atomic E-state index is 13.8. The van der Waals surface area contributed by atoms with E-state index in [-0.39, 0.29) is 41.4 Å². The normalized spacial score (nSPS) is 21.4. The van der Waals surface area contributed by atoms with Crippen LogP contribution in [0.4, 0.5) is 5.69 Å². The van der Waals surface area contributed by atoms with Crippen LogP contribution >= 0.6 is 11.6 Å². The topological polar surface area (TPSA) is 199 Å². The number of benzene rings is 2. The molecule has 2 heterocycles. The lowest BCUT2D eigenvalue weighted by molar-refractivity contribution is -0.159. The lowest BCUT2D eigenvalue weighted by atomic mass is 9.91. The summed E-state index contributed by atoms with van der Waals surface area (Å²) in [6, 6.07) is 9.88. The van der Waals surface area contributed by atoms with Crippen molar-refractivity contribution in [3.8, 4) is 0 Å². The number of aliphatic carboxylic acids is 2. The largest absolute Gasteiger partial charge is 0.480 e. The van der Waals surface area contributed by atoms with E-state index in [4.69, 9.17) is 11.6 Å². The van der Waals surface area contributed by atoms with E-state index in [2.05, 4.69) is 15.4 Å². The van der Waals surface area contributed by atoms with Gasteiger partial charge in [-0.25, -0.2) is 13.2 Å². The number of aryl methyl sites for hydroxylation is 2. The van der Waals surface area contributed by atoms with Crippen LogP contribution in [0.3, 0.4) is 0 Å². The van der Waals surface area contributed by atoms with E-state index in [0.29, 0.717) is 37.7 Å². The number of carboxylic acid groups (broad SMARTS) is 2. The predicted molar refractivity (Wildman–Crippen MR) is 172 cm³/mol. The molecule has 1 fully saturated rings. The molecule has 0 saturated carbocycles. The highest BCUT2D eigenvalue weighted by Crippen LogP contribution is 2.40. The molecule has 0 radical (unpaired) electrons. The minimum Gasteiger partial charge on any atom is -0.480 e. The van der Waals surface area contributed by atoms with Gasteiger partial charge < -0.3 is 20.4 Å². The molecule has 2 aliphatic rings. The second-order valence-electron chi connectivity index (χ2n) is 11.4. The minimum atomic E-state index is -4.27. The third-order valence-corrected chi connectivity index (χ3v) is 10.7. The standard InChI is InChI=1S/C30H37ClN4O9S2/c1-19(32-23(27(37)38)13-12-20-9-4-2-5-10-20)26(36)35-15-8-14-30(35,29(39)40)28-33-24-18-22(31)21(11-6-3-7-16-45(41)42)17-25(24)46(43,44)34-28/h2,4-5,9-10,16-19,23,28,32-34H,3,6-8,11-15H2,1H3,(H,37,38)(H,39,40)/t19-,23-,28?,30-/m0/s1. The fourth-order valence-corrected chi connectivity index (χ4v) is 8.03. The Hall–Kier alpha value is -3.50. The Morgan fingerprint density at radius 1 is 1.15 bits per heavy atom. The maximum Gasteiger partial charge on any atom is 0.333 e. The number of anilines is 1. The molecule has 0 aliphatic carbocycles. The number of nitrogens with zero attached hydrogens (tertiary/aromatic N) is 1. The summed E-state index contributed by atoms with van der Waals surface area (Å²) in [7, 11) is -6.53. The fourth-order valence-electron chi connectivity index (χ4n) is 6.02. The van der Waals surface area contributed by atoms with E-state index in [1.165, 1.54) is 19.1 Å². The molecule has 0 spiro atoms. The number of halogens is 1. The number of likely N-dealkylation sites (tertiary alicyclic amines) is 1. The summed E-state index contributed by atoms with van der Waals surface area (Å²) in [5.74, 6) is -3.26. The van der Waals surface area contributed by atoms with Crippen LogP contribution in [0.25, 0.3) is 0 Å². The van der Waals surface area contributed by atoms with Crippen molar-refractivity contribution in [3.05, 3.63) is 58.6 Å². The molecule has 4 atom stereocenters. The van der Waals surface area contributed by atoms with Gasteiger partial charge in [0.05, 0.1) is 11.7 Å². The Bertz CT molecular complexity index is 1710. The molecule has 4 rings (SSSR count). The van der Waals surface area contributed by atoms with Crippen LogP contribution in [-0.4, -0.2) is 85.5 Å². The minimum absolute atomic E-state index is 0.0166. The Morgan fingerprint density at radius 2 is 1.87 bits per heavy atom. The van der Waals surface area contributed by atoms with Gasteiger partial charge in [-0.1, -0.05) is 41.9 Å². The summed E-state index contributed by atoms with van der Waals surface area (Å²) in [5.41, 5.74) is -0.495. The fraction of sp³-hybridized carbons (Fsp3) is 0.467. The number of unbranched alkanes of at least 4 members (excludes halogenated alkanes) is 2. The molecule has 1 saturated heterocycles. The average molecular weight is 697 g/mol. The Balaban J connectivity index is 1.54. The van der Waals surface area contributed by atoms with Crippen molar-refractivity contribution in [3.63, 3.8) is 0 Å². The van der Waals surface area contributed by atoms with Crippen LogP contribution < -0.4 is 15.4 Å². The van der Waals surface area contributed by atoms with Crippen LogP contribution in [0, 0.1) is 0 Å². The molecule has 2 aromatic carbocycles. The first-order chi connectivity index (χ1) is 21.8. The predicted octanol–water partition coefficient (Wildman–Crippen LogP) is 2.27. The average Bonchev–Trinajstić information content (AvgIpc) is 3.45. The number of carbonyl (C=O) groups excluding carboxylic acids is 1. The van der Waals surface area contributed by atoms with E-state index in [9.17, 15) is 41.4 Å². The van der Waals surface area contributed by atoms with Gasteiger partial charge in [-0.3, -0.25) is 14.9 Å². The Morgan fingerprint density at radius 3 is 2.52 bits per heavy atom. The van der Waals surface area contributed by atoms with Gasteiger partial charge in [-0.15, -0.1) is 0 Å². The van der Waals surface area contributed by atoms with Crippen molar-refractivity contribution in [1.82, 2.24) is 14.9 Å². The number of nitrogens with one attached hydrogen (secondary N) is 3. The number of carboxylic acids is 2. The van der Waals surface area contributed by atoms with E-state index >= 15 is 0 Å². The third-order valence-electron chi connectivity index (χ3n) is 8.38. The molecule has 16 heteroatoms. The summed E-state index contributed by atoms with van der Waals surface area (Å²) >= 11 is 6.48. The molecule has 1 amide bonds. The molecule has 1 unspecified atom stereocenters. The van der Waals surface area contributed by atoms with Gasteiger partial charge in [0.1, 0.15) is 17.1 Å². The van der Waals surface area contributed by atoms with Crippen LogP contribution in [0.2, 0.25) is 5.02 Å². The Labute approximate surface area is 273 Å². The molecule has 2 aromatic rings. The molecular weight excluding hydrogens is 660 g/mol. The molecule has 46 heavy (non-hydrogen) atoms. The lowest BCUT2D eigenvalue weighted by Gasteiger charge is -2.44. The zero-order valence-corrected chi connectivity index (χ0v) is 27.5. The molecule has 0 bridgehead atoms. The number of hydrogen-bond donors (Lipinski definition) is 5. The van der Waals surface area contributed by atoms with Gasteiger partial charge >= 0.3 is 11.9 Å². The second-order valence-corrected chi connectivity index (χ2v) is 14.4. The van der Waals surface area contributed by atoms with Crippen molar-refractivity contribution >= 4 is 60.8 Å². The maximum atomic E-state index is 13.8. The van der Waals surface area contributed by atoms with Crippen molar-refractivity contribution < 1.29 is 41.4 Å². The number of fused-ring (bicyclic) bond motifs is 1. The number of carbonyl (C=O) groups is 3. The third kappa shape index (κ3) is 7.89.